The molecular formula is C31H39N7O4. The molecule has 1 saturated heterocycles. The number of benzene rings is 2. The molecule has 1 aliphatic rings. The maximum Gasteiger partial charge on any atom is 0.327 e. The average Bonchev–Trinajstić information content (AvgIpc) is 3.00. The van der Waals surface area contributed by atoms with Gasteiger partial charge in [0.05, 0.1) is 31.3 Å². The summed E-state index contributed by atoms with van der Waals surface area (Å²) in [6.45, 7) is 9.39. The maximum absolute atomic E-state index is 13.3. The van der Waals surface area contributed by atoms with E-state index >= 15 is 0 Å². The molecule has 2 heterocycles. The third-order valence-corrected chi connectivity index (χ3v) is 7.66. The van der Waals surface area contributed by atoms with Gasteiger partial charge in [0.15, 0.2) is 0 Å². The number of methoxy groups -OCH3 is 2. The van der Waals surface area contributed by atoms with E-state index in [-0.39, 0.29) is 5.91 Å². The van der Waals surface area contributed by atoms with Gasteiger partial charge >= 0.3 is 6.03 Å². The summed E-state index contributed by atoms with van der Waals surface area (Å²) in [6, 6.07) is 9.08. The van der Waals surface area contributed by atoms with E-state index in [4.69, 9.17) is 9.47 Å². The van der Waals surface area contributed by atoms with Crippen LogP contribution in [0.1, 0.15) is 35.4 Å². The monoisotopic (exact) mass is 573 g/mol. The molecule has 1 aliphatic heterocycles. The topological polar surface area (TPSA) is 121 Å². The van der Waals surface area contributed by atoms with E-state index in [0.717, 1.165) is 37.1 Å². The molecule has 0 unspecified atom stereocenters. The van der Waals surface area contributed by atoms with Crippen molar-refractivity contribution in [3.05, 3.63) is 66.0 Å². The fraction of sp³-hybridized carbons (Fsp3) is 0.355. The molecule has 3 N–H and O–H groups in total. The van der Waals surface area contributed by atoms with E-state index in [1.54, 1.807) is 33.4 Å². The van der Waals surface area contributed by atoms with Crippen molar-refractivity contribution in [2.75, 3.05) is 62.3 Å². The molecule has 11 nitrogen and oxygen atoms in total. The predicted molar refractivity (Wildman–Crippen MR) is 166 cm³/mol. The Kier molecular flexibility index (Phi) is 9.64. The first-order valence-electron chi connectivity index (χ1n) is 13.8. The molecule has 0 atom stereocenters. The molecule has 1 aromatic heterocycles. The first-order chi connectivity index (χ1) is 20.1. The molecule has 0 spiro atoms. The van der Waals surface area contributed by atoms with Crippen molar-refractivity contribution in [2.24, 2.45) is 0 Å². The number of carbonyl (C=O) groups excluding carboxylic acids is 2. The summed E-state index contributed by atoms with van der Waals surface area (Å²) in [7, 11) is 6.89. The molecule has 3 aromatic rings. The Balaban J connectivity index is 1.56. The van der Waals surface area contributed by atoms with E-state index in [0.29, 0.717) is 46.1 Å². The fourth-order valence-corrected chi connectivity index (χ4v) is 5.06. The SMILES string of the molecule is C=CC(=O)Nc1cc(C2CCN(C)CC2)ccc1Nc1cc(N(C)C(=O)Nc2c(C)c(OC)cc(OC)c2C)ncn1. The van der Waals surface area contributed by atoms with Crippen LogP contribution in [0, 0.1) is 13.8 Å². The van der Waals surface area contributed by atoms with Crippen molar-refractivity contribution in [3.8, 4) is 11.5 Å². The molecule has 0 aliphatic carbocycles. The first-order valence-corrected chi connectivity index (χ1v) is 13.8. The van der Waals surface area contributed by atoms with Gasteiger partial charge in [0.1, 0.15) is 29.5 Å². The Bertz CT molecular complexity index is 1440. The lowest BCUT2D eigenvalue weighted by Gasteiger charge is -2.29. The summed E-state index contributed by atoms with van der Waals surface area (Å²) in [4.78, 5) is 37.9. The highest BCUT2D eigenvalue weighted by atomic mass is 16.5. The molecule has 2 aromatic carbocycles. The van der Waals surface area contributed by atoms with Gasteiger partial charge in [-0.15, -0.1) is 0 Å². The smallest absolute Gasteiger partial charge is 0.327 e. The number of nitrogens with zero attached hydrogens (tertiary/aromatic N) is 4. The molecular weight excluding hydrogens is 534 g/mol. The zero-order valence-electron chi connectivity index (χ0n) is 25.1. The Morgan fingerprint density at radius 2 is 1.67 bits per heavy atom. The van der Waals surface area contributed by atoms with Crippen LogP contribution in [0.4, 0.5) is 33.5 Å². The molecule has 3 amide bonds. The van der Waals surface area contributed by atoms with Crippen LogP contribution >= 0.6 is 0 Å². The number of rotatable bonds is 9. The van der Waals surface area contributed by atoms with E-state index < -0.39 is 6.03 Å². The van der Waals surface area contributed by atoms with E-state index in [1.165, 1.54) is 22.9 Å². The van der Waals surface area contributed by atoms with Gasteiger partial charge in [-0.2, -0.15) is 0 Å². The molecule has 42 heavy (non-hydrogen) atoms. The minimum absolute atomic E-state index is 0.307. The second-order valence-electron chi connectivity index (χ2n) is 10.4. The van der Waals surface area contributed by atoms with Crippen LogP contribution in [0.15, 0.2) is 49.3 Å². The Morgan fingerprint density at radius 3 is 2.29 bits per heavy atom. The van der Waals surface area contributed by atoms with Gasteiger partial charge in [-0.05, 0) is 76.5 Å². The summed E-state index contributed by atoms with van der Waals surface area (Å²) >= 11 is 0. The van der Waals surface area contributed by atoms with Crippen LogP contribution in [-0.4, -0.2) is 68.2 Å². The van der Waals surface area contributed by atoms with Gasteiger partial charge in [0.2, 0.25) is 5.91 Å². The van der Waals surface area contributed by atoms with Gasteiger partial charge in [-0.1, -0.05) is 12.6 Å². The largest absolute Gasteiger partial charge is 0.496 e. The fourth-order valence-electron chi connectivity index (χ4n) is 5.06. The van der Waals surface area contributed by atoms with Gasteiger partial charge in [0, 0.05) is 30.3 Å². The van der Waals surface area contributed by atoms with Crippen molar-refractivity contribution in [1.82, 2.24) is 14.9 Å². The normalized spacial score (nSPS) is 13.7. The van der Waals surface area contributed by atoms with Crippen LogP contribution in [0.25, 0.3) is 0 Å². The highest BCUT2D eigenvalue weighted by molar-refractivity contribution is 6.03. The van der Waals surface area contributed by atoms with Gasteiger partial charge < -0.3 is 30.3 Å². The third-order valence-electron chi connectivity index (χ3n) is 7.66. The van der Waals surface area contributed by atoms with Crippen LogP contribution in [0.3, 0.4) is 0 Å². The lowest BCUT2D eigenvalue weighted by Crippen LogP contribution is -2.32. The second-order valence-corrected chi connectivity index (χ2v) is 10.4. The highest BCUT2D eigenvalue weighted by Crippen LogP contribution is 2.37. The lowest BCUT2D eigenvalue weighted by atomic mass is 9.89. The molecule has 1 fully saturated rings. The zero-order valence-corrected chi connectivity index (χ0v) is 25.1. The predicted octanol–water partition coefficient (Wildman–Crippen LogP) is 5.46. The number of piperidine rings is 1. The van der Waals surface area contributed by atoms with Crippen molar-refractivity contribution in [2.45, 2.75) is 32.6 Å². The number of aromatic nitrogens is 2. The molecule has 4 rings (SSSR count). The van der Waals surface area contributed by atoms with Crippen LogP contribution in [0.5, 0.6) is 11.5 Å². The number of carbonyl (C=O) groups is 2. The van der Waals surface area contributed by atoms with E-state index in [9.17, 15) is 9.59 Å². The summed E-state index contributed by atoms with van der Waals surface area (Å²) < 4.78 is 10.9. The number of urea groups is 1. The Labute approximate surface area is 246 Å². The number of anilines is 5. The molecule has 11 heteroatoms. The lowest BCUT2D eigenvalue weighted by molar-refractivity contribution is -0.111. The van der Waals surface area contributed by atoms with Crippen LogP contribution in [-0.2, 0) is 4.79 Å². The minimum Gasteiger partial charge on any atom is -0.496 e. The molecule has 0 bridgehead atoms. The van der Waals surface area contributed by atoms with E-state index in [2.05, 4.69) is 50.5 Å². The Morgan fingerprint density at radius 1 is 1.00 bits per heavy atom. The minimum atomic E-state index is -0.400. The third kappa shape index (κ3) is 6.80. The number of likely N-dealkylation sites (tertiary alicyclic amines) is 1. The molecule has 222 valence electrons. The maximum atomic E-state index is 13.3. The molecule has 0 radical (unpaired) electrons. The number of amides is 3. The van der Waals surface area contributed by atoms with Crippen molar-refractivity contribution >= 4 is 40.6 Å². The van der Waals surface area contributed by atoms with Gasteiger partial charge in [0.25, 0.3) is 0 Å². The second kappa shape index (κ2) is 13.3. The summed E-state index contributed by atoms with van der Waals surface area (Å²) in [5, 5.41) is 9.14. The van der Waals surface area contributed by atoms with E-state index in [1.807, 2.05) is 26.0 Å². The number of nitrogens with one attached hydrogen (secondary N) is 3. The van der Waals surface area contributed by atoms with Crippen molar-refractivity contribution < 1.29 is 19.1 Å². The summed E-state index contributed by atoms with van der Waals surface area (Å²) in [5.41, 5.74) is 4.62. The van der Waals surface area contributed by atoms with Crippen LogP contribution in [0.2, 0.25) is 0 Å². The van der Waals surface area contributed by atoms with Crippen molar-refractivity contribution in [3.63, 3.8) is 0 Å². The first kappa shape index (κ1) is 30.3. The molecule has 0 saturated carbocycles. The zero-order chi connectivity index (χ0) is 30.4. The van der Waals surface area contributed by atoms with Crippen LogP contribution < -0.4 is 30.3 Å². The number of hydrogen-bond acceptors (Lipinski definition) is 8. The highest BCUT2D eigenvalue weighted by Gasteiger charge is 2.21. The Hall–Kier alpha value is -4.64. The number of hydrogen-bond donors (Lipinski definition) is 3. The standard InChI is InChI=1S/C31H39N7O4/c1-8-29(39)35-24-15-22(21-11-13-37(4)14-12-21)9-10-23(24)34-27-17-28(33-18-32-27)38(5)31(40)36-30-19(2)25(41-6)16-26(42-7)20(30)3/h8-10,15-18,21H,1,11-14H2,2-7H3,(H,35,39)(H,36,40)(H,32,33,34). The van der Waals surface area contributed by atoms with Gasteiger partial charge in [-0.25, -0.2) is 14.8 Å². The summed E-state index contributed by atoms with van der Waals surface area (Å²) in [6.07, 6.45) is 4.73. The quantitative estimate of drug-likeness (QED) is 0.289. The number of ether oxygens (including phenoxy) is 2. The van der Waals surface area contributed by atoms with Crippen molar-refractivity contribution in [1.29, 1.82) is 0 Å². The van der Waals surface area contributed by atoms with Gasteiger partial charge in [-0.3, -0.25) is 9.69 Å². The average molecular weight is 574 g/mol. The summed E-state index contributed by atoms with van der Waals surface area (Å²) in [5.74, 6) is 2.14.